The molecule has 5 rings (SSSR count). The molecule has 0 spiro atoms. The van der Waals surface area contributed by atoms with E-state index in [0.29, 0.717) is 23.9 Å². The van der Waals surface area contributed by atoms with E-state index in [-0.39, 0.29) is 11.6 Å². The molecule has 1 fully saturated rings. The number of rotatable bonds is 3. The van der Waals surface area contributed by atoms with Crippen molar-refractivity contribution in [1.29, 1.82) is 0 Å². The Hall–Kier alpha value is -3.50. The topological polar surface area (TPSA) is 85.2 Å². The van der Waals surface area contributed by atoms with E-state index < -0.39 is 11.9 Å². The second kappa shape index (κ2) is 7.08. The molecule has 0 aliphatic carbocycles. The maximum Gasteiger partial charge on any atom is 0.434 e. The van der Waals surface area contributed by atoms with Crippen molar-refractivity contribution in [2.75, 3.05) is 18.0 Å². The van der Waals surface area contributed by atoms with E-state index in [1.807, 2.05) is 6.07 Å². The summed E-state index contributed by atoms with van der Waals surface area (Å²) in [5, 5.41) is 3.78. The number of imidazole rings is 1. The monoisotopic (exact) mass is 415 g/mol. The molecule has 0 saturated carbocycles. The summed E-state index contributed by atoms with van der Waals surface area (Å²) in [4.78, 5) is 18.5. The Kier molecular flexibility index (Phi) is 4.37. The van der Waals surface area contributed by atoms with Gasteiger partial charge < -0.3 is 9.42 Å². The number of alkyl halides is 3. The van der Waals surface area contributed by atoms with E-state index >= 15 is 0 Å². The lowest BCUT2D eigenvalue weighted by Crippen LogP contribution is -2.34. The summed E-state index contributed by atoms with van der Waals surface area (Å²) in [6, 6.07) is 3.66. The van der Waals surface area contributed by atoms with Crippen LogP contribution in [-0.2, 0) is 6.18 Å². The molecule has 1 saturated heterocycles. The third kappa shape index (κ3) is 3.36. The van der Waals surface area contributed by atoms with E-state index in [9.17, 15) is 13.2 Å². The van der Waals surface area contributed by atoms with Gasteiger partial charge in [-0.25, -0.2) is 19.9 Å². The molecule has 0 radical (unpaired) electrons. The van der Waals surface area contributed by atoms with Gasteiger partial charge in [0.25, 0.3) is 0 Å². The highest BCUT2D eigenvalue weighted by atomic mass is 19.4. The first-order chi connectivity index (χ1) is 14.5. The zero-order valence-electron chi connectivity index (χ0n) is 15.6. The van der Waals surface area contributed by atoms with Gasteiger partial charge in [0, 0.05) is 37.5 Å². The molecular formula is C19H16F3N7O. The average molecular weight is 415 g/mol. The summed E-state index contributed by atoms with van der Waals surface area (Å²) >= 11 is 0. The minimum atomic E-state index is -4.55. The SMILES string of the molecule is FC(F)(F)c1cn2c(-c3nccc(N4CCCC(c5ccno5)C4)n3)cnc2cn1. The minimum absolute atomic E-state index is 0.205. The number of nitrogens with zero attached hydrogens (tertiary/aromatic N) is 7. The summed E-state index contributed by atoms with van der Waals surface area (Å²) in [5.74, 6) is 2.03. The predicted molar refractivity (Wildman–Crippen MR) is 99.7 cm³/mol. The Morgan fingerprint density at radius 2 is 1.97 bits per heavy atom. The van der Waals surface area contributed by atoms with Crippen molar-refractivity contribution in [3.05, 3.63) is 54.6 Å². The quantitative estimate of drug-likeness (QED) is 0.506. The second-order valence-corrected chi connectivity index (χ2v) is 7.08. The molecule has 1 aliphatic rings. The van der Waals surface area contributed by atoms with Crippen molar-refractivity contribution in [3.8, 4) is 11.5 Å². The van der Waals surface area contributed by atoms with Crippen LogP contribution >= 0.6 is 0 Å². The van der Waals surface area contributed by atoms with Gasteiger partial charge in [-0.15, -0.1) is 0 Å². The van der Waals surface area contributed by atoms with Gasteiger partial charge in [-0.05, 0) is 18.9 Å². The average Bonchev–Trinajstić information content (AvgIpc) is 3.43. The van der Waals surface area contributed by atoms with Gasteiger partial charge in [-0.1, -0.05) is 5.16 Å². The van der Waals surface area contributed by atoms with Crippen molar-refractivity contribution >= 4 is 11.5 Å². The first kappa shape index (κ1) is 18.5. The van der Waals surface area contributed by atoms with Gasteiger partial charge in [-0.3, -0.25) is 4.40 Å². The summed E-state index contributed by atoms with van der Waals surface area (Å²) < 4.78 is 45.8. The fraction of sp³-hybridized carbons (Fsp3) is 0.316. The van der Waals surface area contributed by atoms with Crippen LogP contribution in [-0.4, -0.2) is 42.6 Å². The van der Waals surface area contributed by atoms with E-state index in [1.54, 1.807) is 18.5 Å². The van der Waals surface area contributed by atoms with Gasteiger partial charge in [0.15, 0.2) is 17.2 Å². The molecule has 5 heterocycles. The lowest BCUT2D eigenvalue weighted by atomic mass is 9.95. The third-order valence-corrected chi connectivity index (χ3v) is 5.16. The van der Waals surface area contributed by atoms with E-state index in [2.05, 4.69) is 30.0 Å². The Morgan fingerprint density at radius 3 is 2.77 bits per heavy atom. The minimum Gasteiger partial charge on any atom is -0.361 e. The summed E-state index contributed by atoms with van der Waals surface area (Å²) in [7, 11) is 0. The van der Waals surface area contributed by atoms with Crippen LogP contribution in [0.25, 0.3) is 17.2 Å². The van der Waals surface area contributed by atoms with Crippen LogP contribution in [0, 0.1) is 0 Å². The first-order valence-corrected chi connectivity index (χ1v) is 9.38. The highest BCUT2D eigenvalue weighted by molar-refractivity contribution is 5.58. The molecule has 4 aromatic heterocycles. The molecule has 1 aliphatic heterocycles. The van der Waals surface area contributed by atoms with E-state index in [4.69, 9.17) is 4.52 Å². The fourth-order valence-electron chi connectivity index (χ4n) is 3.70. The number of piperidine rings is 1. The van der Waals surface area contributed by atoms with E-state index in [1.165, 1.54) is 10.6 Å². The van der Waals surface area contributed by atoms with Crippen molar-refractivity contribution in [2.45, 2.75) is 24.9 Å². The third-order valence-electron chi connectivity index (χ3n) is 5.16. The molecule has 0 bridgehead atoms. The molecule has 30 heavy (non-hydrogen) atoms. The Labute approximate surface area is 168 Å². The fourth-order valence-corrected chi connectivity index (χ4v) is 3.70. The van der Waals surface area contributed by atoms with Gasteiger partial charge >= 0.3 is 6.18 Å². The van der Waals surface area contributed by atoms with Gasteiger partial charge in [0.2, 0.25) is 0 Å². The molecular weight excluding hydrogens is 399 g/mol. The first-order valence-electron chi connectivity index (χ1n) is 9.38. The predicted octanol–water partition coefficient (Wildman–Crippen LogP) is 3.58. The maximum absolute atomic E-state index is 13.1. The van der Waals surface area contributed by atoms with Crippen molar-refractivity contribution in [2.24, 2.45) is 0 Å². The summed E-state index contributed by atoms with van der Waals surface area (Å²) in [6.45, 7) is 1.53. The Bertz CT molecular complexity index is 1170. The number of fused-ring (bicyclic) bond motifs is 1. The molecule has 4 aromatic rings. The largest absolute Gasteiger partial charge is 0.434 e. The highest BCUT2D eigenvalue weighted by Crippen LogP contribution is 2.31. The van der Waals surface area contributed by atoms with Crippen molar-refractivity contribution in [3.63, 3.8) is 0 Å². The number of hydrogen-bond acceptors (Lipinski definition) is 7. The van der Waals surface area contributed by atoms with Crippen LogP contribution < -0.4 is 4.90 Å². The van der Waals surface area contributed by atoms with Gasteiger partial charge in [-0.2, -0.15) is 13.2 Å². The molecule has 11 heteroatoms. The Balaban J connectivity index is 1.48. The van der Waals surface area contributed by atoms with Crippen molar-refractivity contribution < 1.29 is 17.7 Å². The number of halogens is 3. The summed E-state index contributed by atoms with van der Waals surface area (Å²) in [6.07, 6.45) is 4.07. The zero-order valence-corrected chi connectivity index (χ0v) is 15.6. The lowest BCUT2D eigenvalue weighted by molar-refractivity contribution is -0.141. The second-order valence-electron chi connectivity index (χ2n) is 7.08. The van der Waals surface area contributed by atoms with Crippen LogP contribution in [0.4, 0.5) is 19.0 Å². The van der Waals surface area contributed by atoms with Crippen LogP contribution in [0.2, 0.25) is 0 Å². The number of anilines is 1. The molecule has 0 amide bonds. The van der Waals surface area contributed by atoms with Crippen LogP contribution in [0.1, 0.15) is 30.2 Å². The maximum atomic E-state index is 13.1. The summed E-state index contributed by atoms with van der Waals surface area (Å²) in [5.41, 5.74) is -0.352. The van der Waals surface area contributed by atoms with Gasteiger partial charge in [0.1, 0.15) is 17.3 Å². The molecule has 0 N–H and O–H groups in total. The molecule has 154 valence electrons. The molecule has 8 nitrogen and oxygen atoms in total. The van der Waals surface area contributed by atoms with E-state index in [0.717, 1.165) is 37.5 Å². The number of aromatic nitrogens is 6. The molecule has 0 aromatic carbocycles. The van der Waals surface area contributed by atoms with Gasteiger partial charge in [0.05, 0.1) is 18.6 Å². The van der Waals surface area contributed by atoms with Crippen molar-refractivity contribution in [1.82, 2.24) is 29.5 Å². The molecule has 1 atom stereocenters. The smallest absolute Gasteiger partial charge is 0.361 e. The number of hydrogen-bond donors (Lipinski definition) is 0. The van der Waals surface area contributed by atoms with Crippen LogP contribution in [0.3, 0.4) is 0 Å². The zero-order chi connectivity index (χ0) is 20.7. The lowest BCUT2D eigenvalue weighted by Gasteiger charge is -2.32. The van der Waals surface area contributed by atoms with Crippen LogP contribution in [0.5, 0.6) is 0 Å². The highest BCUT2D eigenvalue weighted by Gasteiger charge is 2.33. The standard InChI is InChI=1S/C19H16F3N7O/c20-19(21,22)15-11-29-13(8-25-17(29)9-24-15)18-23-5-4-16(27-18)28-7-1-2-12(10-28)14-3-6-26-30-14/h3-6,8-9,11-12H,1-2,7,10H2. The Morgan fingerprint density at radius 1 is 1.07 bits per heavy atom. The van der Waals surface area contributed by atoms with Crippen LogP contribution in [0.15, 0.2) is 47.6 Å². The molecule has 1 unspecified atom stereocenters. The normalized spacial score (nSPS) is 17.6.